The zero-order valence-electron chi connectivity index (χ0n) is 26.9. The van der Waals surface area contributed by atoms with E-state index >= 15 is 4.39 Å². The van der Waals surface area contributed by atoms with E-state index in [1.165, 1.54) is 10.9 Å². The van der Waals surface area contributed by atoms with E-state index in [1.54, 1.807) is 33.0 Å². The van der Waals surface area contributed by atoms with E-state index in [9.17, 15) is 9.90 Å². The van der Waals surface area contributed by atoms with Gasteiger partial charge in [0.15, 0.2) is 29.4 Å². The Morgan fingerprint density at radius 1 is 1.26 bits per heavy atom. The molecule has 2 aromatic carbocycles. The van der Waals surface area contributed by atoms with Crippen LogP contribution in [-0.2, 0) is 30.6 Å². The van der Waals surface area contributed by atoms with Gasteiger partial charge in [-0.2, -0.15) is 0 Å². The number of halogens is 2. The van der Waals surface area contributed by atoms with E-state index in [0.29, 0.717) is 28.6 Å². The third-order valence-electron chi connectivity index (χ3n) is 7.54. The largest absolute Gasteiger partial charge is 0.464 e. The number of ether oxygens (including phenoxy) is 2. The molecule has 254 valence electrons. The second-order valence-corrected chi connectivity index (χ2v) is 16.1. The molecule has 1 aliphatic rings. The number of aromatic nitrogens is 4. The number of nitrogens with zero attached hydrogens (tertiary/aromatic N) is 4. The Morgan fingerprint density at radius 2 is 1.98 bits per heavy atom. The van der Waals surface area contributed by atoms with E-state index in [0.717, 1.165) is 10.8 Å². The van der Waals surface area contributed by atoms with Crippen LogP contribution in [0.2, 0.25) is 0 Å². The molecular formula is C31H39ClFN6O6PS. The molecule has 12 nitrogen and oxygen atoms in total. The zero-order valence-corrected chi connectivity index (χ0v) is 29.4. The fourth-order valence-corrected chi connectivity index (χ4v) is 7.82. The van der Waals surface area contributed by atoms with Crippen LogP contribution in [0.1, 0.15) is 39.7 Å². The summed E-state index contributed by atoms with van der Waals surface area (Å²) in [6.45, 7) is 5.17. The van der Waals surface area contributed by atoms with Gasteiger partial charge in [-0.1, -0.05) is 57.2 Å². The summed E-state index contributed by atoms with van der Waals surface area (Å²) in [5.74, 6) is 0.373. The minimum Gasteiger partial charge on any atom is -0.464 e. The average Bonchev–Trinajstić information content (AvgIpc) is 3.56. The lowest BCUT2D eigenvalue weighted by molar-refractivity contribution is -0.148. The molecule has 2 aromatic heterocycles. The van der Waals surface area contributed by atoms with Crippen molar-refractivity contribution in [3.8, 4) is 5.75 Å². The van der Waals surface area contributed by atoms with Crippen molar-refractivity contribution in [3.63, 3.8) is 0 Å². The number of aryl methyl sites for hydroxylation is 1. The van der Waals surface area contributed by atoms with Crippen molar-refractivity contribution in [3.05, 3.63) is 54.6 Å². The first kappa shape index (κ1) is 35.3. The van der Waals surface area contributed by atoms with Gasteiger partial charge in [0, 0.05) is 12.4 Å². The van der Waals surface area contributed by atoms with Crippen molar-refractivity contribution in [2.75, 3.05) is 31.5 Å². The summed E-state index contributed by atoms with van der Waals surface area (Å²) in [7, 11) is 1.69. The number of carbonyl (C=O) groups is 1. The van der Waals surface area contributed by atoms with Crippen LogP contribution < -0.4 is 14.9 Å². The number of nitrogens with one attached hydrogen (secondary N) is 2. The van der Waals surface area contributed by atoms with Crippen LogP contribution in [0.15, 0.2) is 48.8 Å². The summed E-state index contributed by atoms with van der Waals surface area (Å²) in [5, 5.41) is 18.9. The molecule has 3 N–H and O–H groups in total. The van der Waals surface area contributed by atoms with Crippen molar-refractivity contribution >= 4 is 63.8 Å². The average molecular weight is 709 g/mol. The van der Waals surface area contributed by atoms with Crippen LogP contribution in [-0.4, -0.2) is 80.7 Å². The van der Waals surface area contributed by atoms with Gasteiger partial charge < -0.3 is 28.9 Å². The number of hydrogen-bond donors (Lipinski definition) is 3. The molecule has 16 heteroatoms. The lowest BCUT2D eigenvalue weighted by atomic mass is 9.99. The number of aliphatic hydroxyl groups is 1. The number of benzene rings is 2. The van der Waals surface area contributed by atoms with Gasteiger partial charge in [-0.25, -0.2) is 24.4 Å². The van der Waals surface area contributed by atoms with Gasteiger partial charge in [-0.15, -0.1) is 11.6 Å². The molecule has 0 radical (unpaired) electrons. The Morgan fingerprint density at radius 3 is 2.68 bits per heavy atom. The Bertz CT molecular complexity index is 1800. The van der Waals surface area contributed by atoms with E-state index in [-0.39, 0.29) is 17.9 Å². The fourth-order valence-electron chi connectivity index (χ4n) is 5.08. The highest BCUT2D eigenvalue weighted by atomic mass is 35.5. The van der Waals surface area contributed by atoms with Crippen molar-refractivity contribution < 1.29 is 32.8 Å². The van der Waals surface area contributed by atoms with Gasteiger partial charge in [0.25, 0.3) is 0 Å². The summed E-state index contributed by atoms with van der Waals surface area (Å²) in [4.78, 5) is 26.1. The molecule has 5 rings (SSSR count). The highest BCUT2D eigenvalue weighted by Crippen LogP contribution is 2.50. The first-order valence-corrected chi connectivity index (χ1v) is 18.2. The van der Waals surface area contributed by atoms with Crippen LogP contribution in [0.25, 0.3) is 21.9 Å². The minimum atomic E-state index is -3.65. The first-order valence-electron chi connectivity index (χ1n) is 15.0. The van der Waals surface area contributed by atoms with Crippen LogP contribution in [0, 0.1) is 12.3 Å². The standard InChI is InChI=1S/C31H39ClFN6O6PS/c1-18(29(41)42-15-30(3,4)5)38-46(47,45-22-13-9-11-20-10-7-8-12-21(20)22)43-16-31(14-32)25(40)23(33)28(44-31)39-17-35-24-26(34-6)36-19(2)37-27(24)39/h7-13,17-18,23,25,28,40H,14-16H2,1-6H3,(H,38,47)(H,34,36,37)/t18-,23+,25-,28+,31+,46+/m0/s1. The Kier molecular flexibility index (Phi) is 10.4. The molecule has 1 fully saturated rings. The summed E-state index contributed by atoms with van der Waals surface area (Å²) < 4.78 is 41.6. The summed E-state index contributed by atoms with van der Waals surface area (Å²) in [6.07, 6.45) is -3.66. The van der Waals surface area contributed by atoms with E-state index in [1.807, 2.05) is 51.1 Å². The number of rotatable bonds is 12. The van der Waals surface area contributed by atoms with Gasteiger partial charge >= 0.3 is 12.6 Å². The maximum absolute atomic E-state index is 16.0. The number of aliphatic hydroxyl groups excluding tert-OH is 1. The SMILES string of the molecule is CNc1nc(C)nc2c1ncn2[C@@H]1O[C@](CCl)(CO[P@](=S)(N[C@@H](C)C(=O)OCC(C)(C)C)Oc2cccc3ccccc23)[C@@H](O)[C@H]1F. The van der Waals surface area contributed by atoms with E-state index in [2.05, 4.69) is 25.4 Å². The van der Waals surface area contributed by atoms with Crippen LogP contribution in [0.3, 0.4) is 0 Å². The van der Waals surface area contributed by atoms with Gasteiger partial charge in [0.05, 0.1) is 25.4 Å². The molecule has 1 aliphatic heterocycles. The molecule has 0 unspecified atom stereocenters. The van der Waals surface area contributed by atoms with Crippen LogP contribution in [0.4, 0.5) is 10.2 Å². The molecule has 0 bridgehead atoms. The topological polar surface area (TPSA) is 142 Å². The summed E-state index contributed by atoms with van der Waals surface area (Å²) in [6, 6.07) is 12.1. The van der Waals surface area contributed by atoms with Crippen molar-refractivity contribution in [1.29, 1.82) is 0 Å². The van der Waals surface area contributed by atoms with Crippen LogP contribution in [0.5, 0.6) is 5.75 Å². The minimum absolute atomic E-state index is 0.184. The van der Waals surface area contributed by atoms with Crippen molar-refractivity contribution in [2.24, 2.45) is 5.41 Å². The van der Waals surface area contributed by atoms with Crippen LogP contribution >= 0.6 is 18.2 Å². The third kappa shape index (κ3) is 7.54. The Balaban J connectivity index is 1.44. The second-order valence-electron chi connectivity index (χ2n) is 12.6. The lowest BCUT2D eigenvalue weighted by Gasteiger charge is -2.33. The molecule has 4 aromatic rings. The Labute approximate surface area is 282 Å². The van der Waals surface area contributed by atoms with Crippen molar-refractivity contribution in [2.45, 2.75) is 64.8 Å². The normalized spacial score (nSPS) is 23.5. The number of esters is 1. The summed E-state index contributed by atoms with van der Waals surface area (Å²) in [5.41, 5.74) is -1.31. The van der Waals surface area contributed by atoms with E-state index in [4.69, 9.17) is 41.9 Å². The molecule has 47 heavy (non-hydrogen) atoms. The Hall–Kier alpha value is -2.97. The molecule has 0 saturated carbocycles. The monoisotopic (exact) mass is 708 g/mol. The first-order chi connectivity index (χ1) is 22.2. The van der Waals surface area contributed by atoms with Crippen molar-refractivity contribution in [1.82, 2.24) is 24.6 Å². The highest BCUT2D eigenvalue weighted by molar-refractivity contribution is 8.09. The number of imidazole rings is 1. The fraction of sp³-hybridized carbons (Fsp3) is 0.484. The molecule has 1 saturated heterocycles. The molecule has 6 atom stereocenters. The molecular weight excluding hydrogens is 670 g/mol. The van der Waals surface area contributed by atoms with Gasteiger partial charge in [-0.3, -0.25) is 9.36 Å². The lowest BCUT2D eigenvalue weighted by Crippen LogP contribution is -2.48. The predicted octanol–water partition coefficient (Wildman–Crippen LogP) is 5.42. The number of hydrogen-bond acceptors (Lipinski definition) is 11. The quantitative estimate of drug-likeness (QED) is 0.0983. The van der Waals surface area contributed by atoms with Gasteiger partial charge in [0.1, 0.15) is 29.3 Å². The maximum Gasteiger partial charge on any atom is 0.323 e. The number of anilines is 1. The number of fused-ring (bicyclic) bond motifs is 2. The molecule has 0 aliphatic carbocycles. The van der Waals surface area contributed by atoms with Gasteiger partial charge in [-0.05, 0) is 42.5 Å². The third-order valence-corrected chi connectivity index (χ3v) is 10.5. The maximum atomic E-state index is 16.0. The molecule has 3 heterocycles. The molecule has 0 amide bonds. The predicted molar refractivity (Wildman–Crippen MR) is 182 cm³/mol. The molecule has 0 spiro atoms. The summed E-state index contributed by atoms with van der Waals surface area (Å²) >= 11 is 12.3. The smallest absolute Gasteiger partial charge is 0.323 e. The highest BCUT2D eigenvalue weighted by Gasteiger charge is 2.57. The van der Waals surface area contributed by atoms with E-state index < -0.39 is 49.4 Å². The van der Waals surface area contributed by atoms with Gasteiger partial charge in [0.2, 0.25) is 0 Å². The number of carbonyl (C=O) groups excluding carboxylic acids is 1. The second kappa shape index (κ2) is 13.9. The number of alkyl halides is 2. The zero-order chi connectivity index (χ0) is 34.1.